The Morgan fingerprint density at radius 3 is 2.57 bits per heavy atom. The van der Waals surface area contributed by atoms with Crippen LogP contribution in [0.3, 0.4) is 0 Å². The Morgan fingerprint density at radius 2 is 1.83 bits per heavy atom. The topological polar surface area (TPSA) is 81.4 Å². The summed E-state index contributed by atoms with van der Waals surface area (Å²) in [5, 5.41) is 16.4. The average Bonchev–Trinajstić information content (AvgIpc) is 3.17. The maximum atomic E-state index is 12.3. The third-order valence-electron chi connectivity index (χ3n) is 4.16. The number of amides is 1. The number of aromatic nitrogens is 4. The summed E-state index contributed by atoms with van der Waals surface area (Å²) in [6, 6.07) is 18.9. The normalized spacial score (nSPS) is 10.9. The highest BCUT2D eigenvalue weighted by Crippen LogP contribution is 2.23. The Bertz CT molecular complexity index is 1160. The van der Waals surface area contributed by atoms with E-state index in [0.29, 0.717) is 17.4 Å². The summed E-state index contributed by atoms with van der Waals surface area (Å²) in [6.45, 7) is 2.58. The molecule has 0 atom stereocenters. The molecule has 4 aromatic rings. The van der Waals surface area contributed by atoms with E-state index in [2.05, 4.69) is 36.5 Å². The van der Waals surface area contributed by atoms with E-state index in [1.54, 1.807) is 4.52 Å². The van der Waals surface area contributed by atoms with Crippen LogP contribution in [0, 0.1) is 0 Å². The van der Waals surface area contributed by atoms with Gasteiger partial charge in [-0.1, -0.05) is 27.7 Å². The zero-order valence-corrected chi connectivity index (χ0v) is 18.5. The summed E-state index contributed by atoms with van der Waals surface area (Å²) in [6.07, 6.45) is 0. The lowest BCUT2D eigenvalue weighted by atomic mass is 10.1. The zero-order chi connectivity index (χ0) is 20.9. The first-order chi connectivity index (χ1) is 14.6. The van der Waals surface area contributed by atoms with Gasteiger partial charge in [0, 0.05) is 15.7 Å². The van der Waals surface area contributed by atoms with Crippen molar-refractivity contribution in [3.05, 3.63) is 65.1 Å². The Labute approximate surface area is 186 Å². The van der Waals surface area contributed by atoms with Gasteiger partial charge < -0.3 is 10.1 Å². The van der Waals surface area contributed by atoms with E-state index in [-0.39, 0.29) is 11.7 Å². The third kappa shape index (κ3) is 4.80. The lowest BCUT2D eigenvalue weighted by Crippen LogP contribution is -2.14. The van der Waals surface area contributed by atoms with Gasteiger partial charge in [-0.05, 0) is 67.6 Å². The number of carbonyl (C=O) groups is 1. The van der Waals surface area contributed by atoms with Gasteiger partial charge in [0.15, 0.2) is 5.65 Å². The van der Waals surface area contributed by atoms with Crippen molar-refractivity contribution in [2.45, 2.75) is 12.1 Å². The Hall–Kier alpha value is -2.91. The first-order valence-electron chi connectivity index (χ1n) is 9.26. The van der Waals surface area contributed by atoms with E-state index in [0.717, 1.165) is 27.2 Å². The standard InChI is InChI=1S/C21H18BrN5O2S/c1-2-29-17-9-3-14(4-10-17)18-11-12-19-24-25-21(27(19)26-18)30-13-20(28)23-16-7-5-15(22)6-8-16/h3-12H,2,13H2,1H3,(H,23,28). The molecule has 152 valence electrons. The van der Waals surface area contributed by atoms with Crippen molar-refractivity contribution in [3.63, 3.8) is 0 Å². The number of hydrogen-bond acceptors (Lipinski definition) is 6. The minimum atomic E-state index is -0.123. The molecule has 2 aromatic carbocycles. The molecule has 0 aliphatic carbocycles. The van der Waals surface area contributed by atoms with E-state index in [4.69, 9.17) is 4.74 Å². The van der Waals surface area contributed by atoms with Gasteiger partial charge in [0.05, 0.1) is 18.1 Å². The fourth-order valence-electron chi connectivity index (χ4n) is 2.76. The molecule has 9 heteroatoms. The van der Waals surface area contributed by atoms with Crippen LogP contribution in [0.15, 0.2) is 70.3 Å². The molecular formula is C21H18BrN5O2S. The number of thioether (sulfide) groups is 1. The summed E-state index contributed by atoms with van der Waals surface area (Å²) in [7, 11) is 0. The molecule has 0 aliphatic rings. The Kier molecular flexibility index (Phi) is 6.29. The molecule has 0 unspecified atom stereocenters. The molecule has 7 nitrogen and oxygen atoms in total. The minimum absolute atomic E-state index is 0.123. The Balaban J connectivity index is 1.47. The molecule has 0 aliphatic heterocycles. The monoisotopic (exact) mass is 483 g/mol. The van der Waals surface area contributed by atoms with Crippen LogP contribution in [-0.4, -0.2) is 38.1 Å². The summed E-state index contributed by atoms with van der Waals surface area (Å²) in [5.74, 6) is 0.896. The van der Waals surface area contributed by atoms with Crippen LogP contribution in [0.25, 0.3) is 16.9 Å². The van der Waals surface area contributed by atoms with Gasteiger partial charge in [0.2, 0.25) is 11.1 Å². The quantitative estimate of drug-likeness (QED) is 0.384. The van der Waals surface area contributed by atoms with Crippen LogP contribution < -0.4 is 10.1 Å². The number of anilines is 1. The van der Waals surface area contributed by atoms with Crippen LogP contribution >= 0.6 is 27.7 Å². The predicted octanol–water partition coefficient (Wildman–Crippen LogP) is 4.68. The number of rotatable bonds is 7. The SMILES string of the molecule is CCOc1ccc(-c2ccc3nnc(SCC(=O)Nc4ccc(Br)cc4)n3n2)cc1. The van der Waals surface area contributed by atoms with Crippen LogP contribution in [-0.2, 0) is 4.79 Å². The summed E-state index contributed by atoms with van der Waals surface area (Å²) >= 11 is 4.66. The Morgan fingerprint density at radius 1 is 1.07 bits per heavy atom. The van der Waals surface area contributed by atoms with E-state index in [1.165, 1.54) is 11.8 Å². The van der Waals surface area contributed by atoms with Gasteiger partial charge in [-0.25, -0.2) is 0 Å². The zero-order valence-electron chi connectivity index (χ0n) is 16.1. The summed E-state index contributed by atoms with van der Waals surface area (Å²) < 4.78 is 8.10. The van der Waals surface area contributed by atoms with E-state index < -0.39 is 0 Å². The second-order valence-corrected chi connectivity index (χ2v) is 8.13. The van der Waals surface area contributed by atoms with Gasteiger partial charge in [-0.3, -0.25) is 4.79 Å². The molecule has 0 radical (unpaired) electrons. The first kappa shape index (κ1) is 20.4. The minimum Gasteiger partial charge on any atom is -0.494 e. The average molecular weight is 484 g/mol. The molecule has 30 heavy (non-hydrogen) atoms. The second kappa shape index (κ2) is 9.27. The molecule has 0 saturated carbocycles. The maximum absolute atomic E-state index is 12.3. The molecule has 1 N–H and O–H groups in total. The number of nitrogens with zero attached hydrogens (tertiary/aromatic N) is 4. The molecule has 2 heterocycles. The highest BCUT2D eigenvalue weighted by Gasteiger charge is 2.12. The van der Waals surface area contributed by atoms with E-state index in [1.807, 2.05) is 67.6 Å². The lowest BCUT2D eigenvalue weighted by molar-refractivity contribution is -0.113. The first-order valence-corrected chi connectivity index (χ1v) is 11.0. The number of carbonyl (C=O) groups excluding carboxylic acids is 1. The highest BCUT2D eigenvalue weighted by atomic mass is 79.9. The van der Waals surface area contributed by atoms with Crippen LogP contribution in [0.4, 0.5) is 5.69 Å². The smallest absolute Gasteiger partial charge is 0.234 e. The molecule has 0 saturated heterocycles. The van der Waals surface area contributed by atoms with Gasteiger partial charge in [0.25, 0.3) is 0 Å². The van der Waals surface area contributed by atoms with Crippen molar-refractivity contribution in [2.24, 2.45) is 0 Å². The largest absolute Gasteiger partial charge is 0.494 e. The van der Waals surface area contributed by atoms with Gasteiger partial charge in [0.1, 0.15) is 5.75 Å². The maximum Gasteiger partial charge on any atom is 0.234 e. The number of fused-ring (bicyclic) bond motifs is 1. The van der Waals surface area contributed by atoms with Crippen molar-refractivity contribution >= 4 is 44.9 Å². The summed E-state index contributed by atoms with van der Waals surface area (Å²) in [5.41, 5.74) is 3.11. The number of nitrogens with one attached hydrogen (secondary N) is 1. The fraction of sp³-hybridized carbons (Fsp3) is 0.143. The van der Waals surface area contributed by atoms with Crippen molar-refractivity contribution in [1.29, 1.82) is 0 Å². The molecule has 4 rings (SSSR count). The third-order valence-corrected chi connectivity index (χ3v) is 5.60. The van der Waals surface area contributed by atoms with Gasteiger partial charge in [-0.2, -0.15) is 9.61 Å². The fourth-order valence-corrected chi connectivity index (χ4v) is 3.71. The molecule has 0 fully saturated rings. The number of hydrogen-bond donors (Lipinski definition) is 1. The van der Waals surface area contributed by atoms with Crippen molar-refractivity contribution in [1.82, 2.24) is 19.8 Å². The number of halogens is 1. The van der Waals surface area contributed by atoms with Crippen LogP contribution in [0.5, 0.6) is 5.75 Å². The van der Waals surface area contributed by atoms with E-state index >= 15 is 0 Å². The highest BCUT2D eigenvalue weighted by molar-refractivity contribution is 9.10. The summed E-state index contributed by atoms with van der Waals surface area (Å²) in [4.78, 5) is 12.3. The number of ether oxygens (including phenoxy) is 1. The second-order valence-electron chi connectivity index (χ2n) is 6.27. The van der Waals surface area contributed by atoms with Gasteiger partial charge >= 0.3 is 0 Å². The van der Waals surface area contributed by atoms with E-state index in [9.17, 15) is 4.79 Å². The molecule has 0 bridgehead atoms. The lowest BCUT2D eigenvalue weighted by Gasteiger charge is -2.06. The molecule has 0 spiro atoms. The molecule has 1 amide bonds. The van der Waals surface area contributed by atoms with Gasteiger partial charge in [-0.15, -0.1) is 10.2 Å². The van der Waals surface area contributed by atoms with Crippen molar-refractivity contribution in [3.8, 4) is 17.0 Å². The predicted molar refractivity (Wildman–Crippen MR) is 121 cm³/mol. The molecular weight excluding hydrogens is 466 g/mol. The van der Waals surface area contributed by atoms with Crippen LogP contribution in [0.1, 0.15) is 6.92 Å². The van der Waals surface area contributed by atoms with Crippen molar-refractivity contribution < 1.29 is 9.53 Å². The molecule has 2 aromatic heterocycles. The van der Waals surface area contributed by atoms with Crippen molar-refractivity contribution in [2.75, 3.05) is 17.7 Å². The van der Waals surface area contributed by atoms with Crippen LogP contribution in [0.2, 0.25) is 0 Å². The number of benzene rings is 2.